The van der Waals surface area contributed by atoms with E-state index in [0.29, 0.717) is 6.42 Å². The first kappa shape index (κ1) is 10.3. The van der Waals surface area contributed by atoms with Crippen molar-refractivity contribution in [2.75, 3.05) is 10.6 Å². The first-order valence-corrected chi connectivity index (χ1v) is 6.00. The highest BCUT2D eigenvalue weighted by Crippen LogP contribution is 2.32. The lowest BCUT2D eigenvalue weighted by atomic mass is 9.91. The lowest BCUT2D eigenvalue weighted by Gasteiger charge is -2.21. The van der Waals surface area contributed by atoms with Crippen LogP contribution >= 0.6 is 0 Å². The molecular weight excluding hydrogens is 214 g/mol. The molecule has 0 bridgehead atoms. The molecule has 0 aromatic carbocycles. The van der Waals surface area contributed by atoms with E-state index in [4.69, 9.17) is 0 Å². The lowest BCUT2D eigenvalue weighted by molar-refractivity contribution is -0.116. The summed E-state index contributed by atoms with van der Waals surface area (Å²) in [5.74, 6) is 1.07. The first-order chi connectivity index (χ1) is 8.25. The number of fused-ring (bicyclic) bond motifs is 1. The summed E-state index contributed by atoms with van der Waals surface area (Å²) in [6.07, 6.45) is 4.29. The zero-order valence-electron chi connectivity index (χ0n) is 9.79. The van der Waals surface area contributed by atoms with Crippen molar-refractivity contribution in [1.82, 2.24) is 4.98 Å². The topological polar surface area (TPSA) is 54.0 Å². The average molecular weight is 229 g/mol. The second-order valence-electron chi connectivity index (χ2n) is 4.56. The number of anilines is 2. The highest BCUT2D eigenvalue weighted by molar-refractivity contribution is 5.99. The Morgan fingerprint density at radius 1 is 1.41 bits per heavy atom. The number of pyridine rings is 1. The van der Waals surface area contributed by atoms with Crippen molar-refractivity contribution >= 4 is 17.3 Å². The van der Waals surface area contributed by atoms with Gasteiger partial charge in [-0.25, -0.2) is 4.98 Å². The third kappa shape index (κ3) is 1.69. The number of carbonyl (C=O) groups is 1. The summed E-state index contributed by atoms with van der Waals surface area (Å²) < 4.78 is 0. The number of allylic oxidation sites excluding steroid dienone is 1. The molecular formula is C13H15N3O. The van der Waals surface area contributed by atoms with Crippen LogP contribution in [0, 0.1) is 0 Å². The molecule has 1 aliphatic heterocycles. The summed E-state index contributed by atoms with van der Waals surface area (Å²) in [7, 11) is 0. The third-order valence-electron chi connectivity index (χ3n) is 3.34. The Hall–Kier alpha value is -1.84. The van der Waals surface area contributed by atoms with Crippen LogP contribution in [-0.2, 0) is 4.79 Å². The quantitative estimate of drug-likeness (QED) is 0.716. The number of ketones is 1. The zero-order chi connectivity index (χ0) is 11.8. The maximum atomic E-state index is 12.0. The molecule has 1 aromatic rings. The van der Waals surface area contributed by atoms with Crippen LogP contribution in [0.4, 0.5) is 11.5 Å². The van der Waals surface area contributed by atoms with Crippen molar-refractivity contribution in [2.45, 2.75) is 32.2 Å². The van der Waals surface area contributed by atoms with E-state index >= 15 is 0 Å². The zero-order valence-corrected chi connectivity index (χ0v) is 9.79. The fourth-order valence-corrected chi connectivity index (χ4v) is 2.57. The van der Waals surface area contributed by atoms with Crippen LogP contribution in [0.15, 0.2) is 29.6 Å². The van der Waals surface area contributed by atoms with Gasteiger partial charge >= 0.3 is 0 Å². The van der Waals surface area contributed by atoms with Crippen molar-refractivity contribution in [3.63, 3.8) is 0 Å². The van der Waals surface area contributed by atoms with E-state index in [0.717, 1.165) is 35.6 Å². The summed E-state index contributed by atoms with van der Waals surface area (Å²) in [5, 5.41) is 6.66. The molecule has 0 radical (unpaired) electrons. The molecule has 1 aromatic heterocycles. The number of Topliss-reactive ketones (excluding diaryl/α,β-unsaturated/α-hetero) is 1. The molecule has 0 saturated carbocycles. The maximum absolute atomic E-state index is 12.0. The predicted molar refractivity (Wildman–Crippen MR) is 66.8 cm³/mol. The molecule has 88 valence electrons. The summed E-state index contributed by atoms with van der Waals surface area (Å²) >= 11 is 0. The van der Waals surface area contributed by atoms with Gasteiger partial charge in [-0.1, -0.05) is 0 Å². The number of hydrogen-bond donors (Lipinski definition) is 2. The molecule has 17 heavy (non-hydrogen) atoms. The molecule has 2 N–H and O–H groups in total. The first-order valence-electron chi connectivity index (χ1n) is 6.00. The highest BCUT2D eigenvalue weighted by Gasteiger charge is 2.28. The second-order valence-corrected chi connectivity index (χ2v) is 4.56. The van der Waals surface area contributed by atoms with Crippen LogP contribution in [0.1, 0.15) is 26.2 Å². The number of hydrogen-bond acceptors (Lipinski definition) is 4. The number of carbonyl (C=O) groups excluding carboxylic acids is 1. The standard InChI is InChI=1S/C13H15N3O/c1-8-12-9(4-2-6-11(12)17)16-13-10(15-8)5-3-7-14-13/h3,5,7-8,15H,2,4,6H2,1H3,(H,14,16). The Labute approximate surface area is 100 Å². The third-order valence-corrected chi connectivity index (χ3v) is 3.34. The fourth-order valence-electron chi connectivity index (χ4n) is 2.57. The Balaban J connectivity index is 2.07. The minimum Gasteiger partial charge on any atom is -0.375 e. The van der Waals surface area contributed by atoms with E-state index in [1.807, 2.05) is 19.1 Å². The van der Waals surface area contributed by atoms with Gasteiger partial charge in [0, 0.05) is 23.9 Å². The van der Waals surface area contributed by atoms with Crippen LogP contribution in [0.3, 0.4) is 0 Å². The Bertz CT molecular complexity index is 507. The Morgan fingerprint density at radius 3 is 3.18 bits per heavy atom. The van der Waals surface area contributed by atoms with E-state index in [2.05, 4.69) is 15.6 Å². The minimum atomic E-state index is 0.0516. The number of nitrogens with one attached hydrogen (secondary N) is 2. The van der Waals surface area contributed by atoms with E-state index in [1.165, 1.54) is 0 Å². The van der Waals surface area contributed by atoms with Gasteiger partial charge in [-0.05, 0) is 31.9 Å². The fraction of sp³-hybridized carbons (Fsp3) is 0.385. The SMILES string of the molecule is CC1Nc2cccnc2NC2=C1C(=O)CCC2. The van der Waals surface area contributed by atoms with Crippen molar-refractivity contribution in [3.05, 3.63) is 29.6 Å². The molecule has 2 heterocycles. The van der Waals surface area contributed by atoms with Gasteiger partial charge in [0.25, 0.3) is 0 Å². The maximum Gasteiger partial charge on any atom is 0.162 e. The Morgan fingerprint density at radius 2 is 2.29 bits per heavy atom. The molecule has 0 amide bonds. The summed E-state index contributed by atoms with van der Waals surface area (Å²) in [4.78, 5) is 16.3. The smallest absolute Gasteiger partial charge is 0.162 e. The van der Waals surface area contributed by atoms with Gasteiger partial charge in [0.2, 0.25) is 0 Å². The van der Waals surface area contributed by atoms with Gasteiger partial charge in [0.1, 0.15) is 0 Å². The van der Waals surface area contributed by atoms with Crippen LogP contribution in [0.2, 0.25) is 0 Å². The molecule has 4 nitrogen and oxygen atoms in total. The van der Waals surface area contributed by atoms with Crippen LogP contribution in [0.25, 0.3) is 0 Å². The van der Waals surface area contributed by atoms with Crippen molar-refractivity contribution in [1.29, 1.82) is 0 Å². The normalized spacial score (nSPS) is 23.1. The van der Waals surface area contributed by atoms with E-state index in [1.54, 1.807) is 6.20 Å². The van der Waals surface area contributed by atoms with E-state index in [-0.39, 0.29) is 11.8 Å². The summed E-state index contributed by atoms with van der Waals surface area (Å²) in [5.41, 5.74) is 2.90. The lowest BCUT2D eigenvalue weighted by Crippen LogP contribution is -2.26. The molecule has 0 spiro atoms. The van der Waals surface area contributed by atoms with E-state index < -0.39 is 0 Å². The second kappa shape index (κ2) is 3.87. The van der Waals surface area contributed by atoms with Gasteiger partial charge in [-0.2, -0.15) is 0 Å². The molecule has 1 unspecified atom stereocenters. The van der Waals surface area contributed by atoms with Gasteiger partial charge in [-0.15, -0.1) is 0 Å². The predicted octanol–water partition coefficient (Wildman–Crippen LogP) is 2.31. The van der Waals surface area contributed by atoms with E-state index in [9.17, 15) is 4.79 Å². The minimum absolute atomic E-state index is 0.0516. The largest absolute Gasteiger partial charge is 0.375 e. The van der Waals surface area contributed by atoms with Gasteiger partial charge < -0.3 is 10.6 Å². The van der Waals surface area contributed by atoms with Gasteiger partial charge in [-0.3, -0.25) is 4.79 Å². The molecule has 1 aliphatic carbocycles. The van der Waals surface area contributed by atoms with Gasteiger partial charge in [0.05, 0.1) is 11.7 Å². The number of rotatable bonds is 0. The average Bonchev–Trinajstić information content (AvgIpc) is 2.45. The van der Waals surface area contributed by atoms with Crippen molar-refractivity contribution in [3.8, 4) is 0 Å². The molecule has 3 rings (SSSR count). The van der Waals surface area contributed by atoms with Crippen LogP contribution in [0.5, 0.6) is 0 Å². The molecule has 4 heteroatoms. The molecule has 0 saturated heterocycles. The highest BCUT2D eigenvalue weighted by atomic mass is 16.1. The van der Waals surface area contributed by atoms with Crippen molar-refractivity contribution in [2.24, 2.45) is 0 Å². The number of nitrogens with zero attached hydrogens (tertiary/aromatic N) is 1. The number of aromatic nitrogens is 1. The summed E-state index contributed by atoms with van der Waals surface area (Å²) in [6.45, 7) is 2.03. The molecule has 1 atom stereocenters. The van der Waals surface area contributed by atoms with Crippen LogP contribution < -0.4 is 10.6 Å². The summed E-state index contributed by atoms with van der Waals surface area (Å²) in [6, 6.07) is 3.93. The van der Waals surface area contributed by atoms with Gasteiger partial charge in [0.15, 0.2) is 11.6 Å². The monoisotopic (exact) mass is 229 g/mol. The Kier molecular flexibility index (Phi) is 2.35. The molecule has 0 fully saturated rings. The van der Waals surface area contributed by atoms with Crippen LogP contribution in [-0.4, -0.2) is 16.8 Å². The van der Waals surface area contributed by atoms with Crippen molar-refractivity contribution < 1.29 is 4.79 Å². The molecule has 2 aliphatic rings.